The molecule has 1 aliphatic carbocycles. The van der Waals surface area contributed by atoms with Gasteiger partial charge in [-0.1, -0.05) is 37.5 Å². The summed E-state index contributed by atoms with van der Waals surface area (Å²) >= 11 is 0. The molecule has 0 saturated heterocycles. The Kier molecular flexibility index (Phi) is 4.66. The molecule has 0 spiro atoms. The zero-order valence-corrected chi connectivity index (χ0v) is 13.3. The largest absolute Gasteiger partial charge is 0.375 e. The number of amides is 2. The smallest absolute Gasteiger partial charge is 0.261 e. The van der Waals surface area contributed by atoms with E-state index in [-0.39, 0.29) is 12.3 Å². The number of nitrogens with one attached hydrogen (secondary N) is 2. The number of aliphatic hydroxyl groups is 1. The zero-order chi connectivity index (χ0) is 16.3. The molecular formula is C18H24N2O3. The lowest BCUT2D eigenvalue weighted by molar-refractivity contribution is -0.134. The Morgan fingerprint density at radius 3 is 2.78 bits per heavy atom. The van der Waals surface area contributed by atoms with E-state index in [1.54, 1.807) is 18.2 Å². The van der Waals surface area contributed by atoms with Crippen molar-refractivity contribution in [2.45, 2.75) is 50.5 Å². The Morgan fingerprint density at radius 2 is 2.00 bits per heavy atom. The van der Waals surface area contributed by atoms with Crippen molar-refractivity contribution >= 4 is 17.5 Å². The van der Waals surface area contributed by atoms with Crippen molar-refractivity contribution in [3.05, 3.63) is 29.8 Å². The summed E-state index contributed by atoms with van der Waals surface area (Å²) in [4.78, 5) is 24.1. The second kappa shape index (κ2) is 6.71. The molecule has 1 aliphatic heterocycles. The maximum atomic E-state index is 12.1. The molecule has 1 aromatic carbocycles. The SMILES string of the molecule is O=C(CC1CCCCC1)NCCC1(O)C(=O)Nc2ccccc21. The lowest BCUT2D eigenvalue weighted by Gasteiger charge is -2.23. The summed E-state index contributed by atoms with van der Waals surface area (Å²) in [6.07, 6.45) is 6.72. The molecule has 1 unspecified atom stereocenters. The topological polar surface area (TPSA) is 78.4 Å². The van der Waals surface area contributed by atoms with Gasteiger partial charge >= 0.3 is 0 Å². The second-order valence-corrected chi connectivity index (χ2v) is 6.67. The predicted octanol–water partition coefficient (Wildman–Crippen LogP) is 2.30. The first-order chi connectivity index (χ1) is 11.1. The van der Waals surface area contributed by atoms with Gasteiger partial charge in [0.15, 0.2) is 5.60 Å². The molecule has 1 heterocycles. The average Bonchev–Trinajstić information content (AvgIpc) is 2.80. The summed E-state index contributed by atoms with van der Waals surface area (Å²) in [7, 11) is 0. The van der Waals surface area contributed by atoms with Gasteiger partial charge in [0.05, 0.1) is 0 Å². The van der Waals surface area contributed by atoms with Gasteiger partial charge in [-0.15, -0.1) is 0 Å². The van der Waals surface area contributed by atoms with Crippen molar-refractivity contribution in [2.24, 2.45) is 5.92 Å². The molecule has 1 atom stereocenters. The highest BCUT2D eigenvalue weighted by Crippen LogP contribution is 2.37. The molecule has 5 heteroatoms. The third-order valence-electron chi connectivity index (χ3n) is 5.00. The number of fused-ring (bicyclic) bond motifs is 1. The summed E-state index contributed by atoms with van der Waals surface area (Å²) in [5.74, 6) is 0.0924. The highest BCUT2D eigenvalue weighted by molar-refractivity contribution is 6.04. The summed E-state index contributed by atoms with van der Waals surface area (Å²) in [6, 6.07) is 7.13. The van der Waals surface area contributed by atoms with Crippen LogP contribution in [0.1, 0.15) is 50.5 Å². The summed E-state index contributed by atoms with van der Waals surface area (Å²) < 4.78 is 0. The van der Waals surface area contributed by atoms with Gasteiger partial charge < -0.3 is 15.7 Å². The Morgan fingerprint density at radius 1 is 1.26 bits per heavy atom. The van der Waals surface area contributed by atoms with Crippen molar-refractivity contribution in [2.75, 3.05) is 11.9 Å². The van der Waals surface area contributed by atoms with Crippen LogP contribution in [0, 0.1) is 5.92 Å². The van der Waals surface area contributed by atoms with E-state index >= 15 is 0 Å². The minimum absolute atomic E-state index is 0.0205. The van der Waals surface area contributed by atoms with Gasteiger partial charge in [0.25, 0.3) is 5.91 Å². The van der Waals surface area contributed by atoms with Gasteiger partial charge in [-0.2, -0.15) is 0 Å². The lowest BCUT2D eigenvalue weighted by Crippen LogP contribution is -2.38. The molecular weight excluding hydrogens is 292 g/mol. The standard InChI is InChI=1S/C18H24N2O3/c21-16(12-13-6-2-1-3-7-13)19-11-10-18(23)14-8-4-5-9-15(14)20-17(18)22/h4-5,8-9,13,23H,1-3,6-7,10-12H2,(H,19,21)(H,20,22). The molecule has 5 nitrogen and oxygen atoms in total. The van der Waals surface area contributed by atoms with Gasteiger partial charge in [0.2, 0.25) is 5.91 Å². The molecule has 0 radical (unpaired) electrons. The minimum Gasteiger partial charge on any atom is -0.375 e. The van der Waals surface area contributed by atoms with Crippen LogP contribution in [0.4, 0.5) is 5.69 Å². The van der Waals surface area contributed by atoms with Crippen LogP contribution in [-0.2, 0) is 15.2 Å². The van der Waals surface area contributed by atoms with E-state index in [0.717, 1.165) is 12.8 Å². The van der Waals surface area contributed by atoms with E-state index in [0.29, 0.717) is 30.1 Å². The molecule has 0 bridgehead atoms. The number of anilines is 1. The quantitative estimate of drug-likeness (QED) is 0.780. The van der Waals surface area contributed by atoms with Crippen molar-refractivity contribution in [3.63, 3.8) is 0 Å². The van der Waals surface area contributed by atoms with Crippen LogP contribution in [-0.4, -0.2) is 23.5 Å². The van der Waals surface area contributed by atoms with Gasteiger partial charge in [-0.05, 0) is 24.8 Å². The van der Waals surface area contributed by atoms with Gasteiger partial charge in [-0.3, -0.25) is 9.59 Å². The molecule has 1 aromatic rings. The maximum absolute atomic E-state index is 12.1. The molecule has 124 valence electrons. The fourth-order valence-corrected chi connectivity index (χ4v) is 3.66. The number of hydrogen-bond acceptors (Lipinski definition) is 3. The van der Waals surface area contributed by atoms with Crippen LogP contribution >= 0.6 is 0 Å². The predicted molar refractivity (Wildman–Crippen MR) is 87.8 cm³/mol. The zero-order valence-electron chi connectivity index (χ0n) is 13.3. The first-order valence-corrected chi connectivity index (χ1v) is 8.49. The Hall–Kier alpha value is -1.88. The second-order valence-electron chi connectivity index (χ2n) is 6.67. The minimum atomic E-state index is -1.55. The molecule has 2 amide bonds. The number of rotatable bonds is 5. The summed E-state index contributed by atoms with van der Waals surface area (Å²) in [5.41, 5.74) is -0.311. The summed E-state index contributed by atoms with van der Waals surface area (Å²) in [6.45, 7) is 0.295. The van der Waals surface area contributed by atoms with E-state index in [9.17, 15) is 14.7 Å². The van der Waals surface area contributed by atoms with Gasteiger partial charge in [-0.25, -0.2) is 0 Å². The Balaban J connectivity index is 1.52. The van der Waals surface area contributed by atoms with E-state index in [2.05, 4.69) is 10.6 Å². The number of carbonyl (C=O) groups is 2. The highest BCUT2D eigenvalue weighted by Gasteiger charge is 2.44. The first kappa shape index (κ1) is 16.0. The fourth-order valence-electron chi connectivity index (χ4n) is 3.66. The van der Waals surface area contributed by atoms with Crippen LogP contribution in [0.25, 0.3) is 0 Å². The van der Waals surface area contributed by atoms with Crippen LogP contribution < -0.4 is 10.6 Å². The third-order valence-corrected chi connectivity index (χ3v) is 5.00. The van der Waals surface area contributed by atoms with Crippen molar-refractivity contribution in [3.8, 4) is 0 Å². The molecule has 3 rings (SSSR count). The van der Waals surface area contributed by atoms with Gasteiger partial charge in [0.1, 0.15) is 0 Å². The first-order valence-electron chi connectivity index (χ1n) is 8.49. The van der Waals surface area contributed by atoms with Crippen molar-refractivity contribution in [1.29, 1.82) is 0 Å². The number of hydrogen-bond donors (Lipinski definition) is 3. The lowest BCUT2D eigenvalue weighted by atomic mass is 9.87. The normalized spacial score (nSPS) is 24.1. The monoisotopic (exact) mass is 316 g/mol. The van der Waals surface area contributed by atoms with Crippen molar-refractivity contribution < 1.29 is 14.7 Å². The highest BCUT2D eigenvalue weighted by atomic mass is 16.3. The number of carbonyl (C=O) groups excluding carboxylic acids is 2. The third kappa shape index (κ3) is 3.39. The van der Waals surface area contributed by atoms with E-state index in [1.165, 1.54) is 19.3 Å². The van der Waals surface area contributed by atoms with E-state index < -0.39 is 11.5 Å². The summed E-state index contributed by atoms with van der Waals surface area (Å²) in [5, 5.41) is 16.2. The molecule has 0 aromatic heterocycles. The Labute approximate surface area is 136 Å². The van der Waals surface area contributed by atoms with Gasteiger partial charge in [0, 0.05) is 30.6 Å². The molecule has 1 saturated carbocycles. The van der Waals surface area contributed by atoms with E-state index in [1.807, 2.05) is 6.07 Å². The molecule has 2 aliphatic rings. The molecule has 1 fully saturated rings. The van der Waals surface area contributed by atoms with Crippen LogP contribution in [0.3, 0.4) is 0 Å². The van der Waals surface area contributed by atoms with E-state index in [4.69, 9.17) is 0 Å². The van der Waals surface area contributed by atoms with Crippen LogP contribution in [0.15, 0.2) is 24.3 Å². The number of benzene rings is 1. The molecule has 23 heavy (non-hydrogen) atoms. The number of para-hydroxylation sites is 1. The van der Waals surface area contributed by atoms with Crippen LogP contribution in [0.5, 0.6) is 0 Å². The van der Waals surface area contributed by atoms with Crippen molar-refractivity contribution in [1.82, 2.24) is 5.32 Å². The maximum Gasteiger partial charge on any atom is 0.261 e. The Bertz CT molecular complexity index is 596. The average molecular weight is 316 g/mol. The van der Waals surface area contributed by atoms with Crippen LogP contribution in [0.2, 0.25) is 0 Å². The molecule has 3 N–H and O–H groups in total. The fraction of sp³-hybridized carbons (Fsp3) is 0.556.